The number of methoxy groups -OCH3 is 3. The van der Waals surface area contributed by atoms with Crippen LogP contribution < -0.4 is 20.1 Å². The number of halogens is 1. The molecule has 0 bridgehead atoms. The van der Waals surface area contributed by atoms with Crippen molar-refractivity contribution < 1.29 is 14.2 Å². The number of hydrogen-bond acceptors (Lipinski definition) is 5. The predicted molar refractivity (Wildman–Crippen MR) is 121 cm³/mol. The van der Waals surface area contributed by atoms with E-state index in [0.717, 1.165) is 44.4 Å². The van der Waals surface area contributed by atoms with E-state index >= 15 is 0 Å². The van der Waals surface area contributed by atoms with Crippen LogP contribution in [0.2, 0.25) is 0 Å². The molecule has 0 spiro atoms. The fraction of sp³-hybridized carbons (Fsp3) is 0.632. The van der Waals surface area contributed by atoms with E-state index < -0.39 is 0 Å². The maximum absolute atomic E-state index is 5.37. The van der Waals surface area contributed by atoms with Crippen LogP contribution in [0.4, 0.5) is 5.69 Å². The highest BCUT2D eigenvalue weighted by Gasteiger charge is 2.23. The molecular formula is C19H33IN4O3. The Hall–Kier alpha value is -1.26. The molecule has 0 radical (unpaired) electrons. The Morgan fingerprint density at radius 2 is 2.00 bits per heavy atom. The molecule has 0 aliphatic carbocycles. The molecule has 1 unspecified atom stereocenters. The lowest BCUT2D eigenvalue weighted by Crippen LogP contribution is -2.36. The molecule has 1 atom stereocenters. The molecule has 8 heteroatoms. The van der Waals surface area contributed by atoms with Crippen LogP contribution in [0.3, 0.4) is 0 Å². The molecule has 2 rings (SSSR count). The van der Waals surface area contributed by atoms with Crippen LogP contribution in [0, 0.1) is 0 Å². The van der Waals surface area contributed by atoms with Crippen LogP contribution in [-0.4, -0.2) is 71.0 Å². The number of nitrogens with zero attached hydrogens (tertiary/aromatic N) is 2. The molecule has 154 valence electrons. The zero-order chi connectivity index (χ0) is 18.8. The van der Waals surface area contributed by atoms with Gasteiger partial charge in [-0.1, -0.05) is 0 Å². The topological polar surface area (TPSA) is 67.4 Å². The van der Waals surface area contributed by atoms with Crippen LogP contribution in [0.25, 0.3) is 0 Å². The summed E-state index contributed by atoms with van der Waals surface area (Å²) in [5.41, 5.74) is 0.907. The molecule has 1 saturated heterocycles. The second kappa shape index (κ2) is 13.0. The number of guanidine groups is 1. The van der Waals surface area contributed by atoms with Crippen LogP contribution in [0.5, 0.6) is 11.5 Å². The molecule has 7 nitrogen and oxygen atoms in total. The smallest absolute Gasteiger partial charge is 0.195 e. The van der Waals surface area contributed by atoms with Crippen molar-refractivity contribution in [2.75, 3.05) is 59.4 Å². The van der Waals surface area contributed by atoms with Gasteiger partial charge < -0.3 is 24.8 Å². The van der Waals surface area contributed by atoms with E-state index in [1.54, 1.807) is 21.3 Å². The predicted octanol–water partition coefficient (Wildman–Crippen LogP) is 2.81. The van der Waals surface area contributed by atoms with E-state index in [4.69, 9.17) is 19.2 Å². The Kier molecular flexibility index (Phi) is 11.5. The van der Waals surface area contributed by atoms with Gasteiger partial charge in [-0.15, -0.1) is 24.0 Å². The molecule has 0 amide bonds. The third kappa shape index (κ3) is 7.34. The van der Waals surface area contributed by atoms with Gasteiger partial charge in [0.15, 0.2) is 17.5 Å². The Bertz CT molecular complexity index is 586. The van der Waals surface area contributed by atoms with Crippen molar-refractivity contribution in [1.82, 2.24) is 10.2 Å². The van der Waals surface area contributed by atoms with Crippen molar-refractivity contribution in [1.29, 1.82) is 0 Å². The number of likely N-dealkylation sites (tertiary alicyclic amines) is 1. The third-order valence-corrected chi connectivity index (χ3v) is 4.53. The number of ether oxygens (including phenoxy) is 3. The fourth-order valence-corrected chi connectivity index (χ4v) is 3.16. The lowest BCUT2D eigenvalue weighted by Gasteiger charge is -2.23. The maximum atomic E-state index is 5.37. The summed E-state index contributed by atoms with van der Waals surface area (Å²) in [6, 6.07) is 6.22. The van der Waals surface area contributed by atoms with E-state index in [0.29, 0.717) is 17.5 Å². The minimum atomic E-state index is 0. The SMILES string of the molecule is CCNC(=NCC1CCCN1CCOC)Nc1ccc(OC)c(OC)c1.I. The highest BCUT2D eigenvalue weighted by atomic mass is 127. The number of anilines is 1. The summed E-state index contributed by atoms with van der Waals surface area (Å²) in [5, 5.41) is 6.65. The summed E-state index contributed by atoms with van der Waals surface area (Å²) in [5.74, 6) is 2.17. The van der Waals surface area contributed by atoms with Crippen LogP contribution >= 0.6 is 24.0 Å². The number of benzene rings is 1. The van der Waals surface area contributed by atoms with E-state index in [-0.39, 0.29) is 24.0 Å². The van der Waals surface area contributed by atoms with Crippen LogP contribution in [0.15, 0.2) is 23.2 Å². The van der Waals surface area contributed by atoms with Crippen molar-refractivity contribution in [2.24, 2.45) is 4.99 Å². The van der Waals surface area contributed by atoms with Crippen molar-refractivity contribution in [3.05, 3.63) is 18.2 Å². The summed E-state index contributed by atoms with van der Waals surface area (Å²) >= 11 is 0. The van der Waals surface area contributed by atoms with Gasteiger partial charge in [0.1, 0.15) is 0 Å². The van der Waals surface area contributed by atoms with Gasteiger partial charge in [-0.25, -0.2) is 0 Å². The molecule has 1 fully saturated rings. The van der Waals surface area contributed by atoms with Gasteiger partial charge in [-0.3, -0.25) is 9.89 Å². The largest absolute Gasteiger partial charge is 0.493 e. The number of nitrogens with one attached hydrogen (secondary N) is 2. The molecule has 1 aromatic carbocycles. The first-order valence-corrected chi connectivity index (χ1v) is 9.22. The Morgan fingerprint density at radius 1 is 1.22 bits per heavy atom. The fourth-order valence-electron chi connectivity index (χ4n) is 3.16. The molecule has 2 N–H and O–H groups in total. The molecular weight excluding hydrogens is 459 g/mol. The standard InChI is InChI=1S/C19H32N4O3.HI/c1-5-20-19(21-14-16-7-6-10-23(16)11-12-24-2)22-15-8-9-17(25-3)18(13-15)26-4;/h8-9,13,16H,5-7,10-12,14H2,1-4H3,(H2,20,21,22);1H. The highest BCUT2D eigenvalue weighted by Crippen LogP contribution is 2.29. The number of aliphatic imine (C=N–C) groups is 1. The zero-order valence-corrected chi connectivity index (χ0v) is 19.1. The summed E-state index contributed by atoms with van der Waals surface area (Å²) < 4.78 is 15.9. The Morgan fingerprint density at radius 3 is 2.67 bits per heavy atom. The zero-order valence-electron chi connectivity index (χ0n) is 16.8. The summed E-state index contributed by atoms with van der Waals surface area (Å²) in [4.78, 5) is 7.25. The van der Waals surface area contributed by atoms with E-state index in [9.17, 15) is 0 Å². The monoisotopic (exact) mass is 492 g/mol. The first-order valence-electron chi connectivity index (χ1n) is 9.22. The quantitative estimate of drug-likeness (QED) is 0.314. The van der Waals surface area contributed by atoms with Gasteiger partial charge in [0, 0.05) is 38.0 Å². The minimum Gasteiger partial charge on any atom is -0.493 e. The molecule has 1 aromatic rings. The second-order valence-electron chi connectivity index (χ2n) is 6.24. The molecule has 0 saturated carbocycles. The van der Waals surface area contributed by atoms with Gasteiger partial charge in [-0.05, 0) is 38.4 Å². The van der Waals surface area contributed by atoms with Crippen molar-refractivity contribution in [3.63, 3.8) is 0 Å². The molecule has 1 aliphatic rings. The summed E-state index contributed by atoms with van der Waals surface area (Å²) in [6.45, 7) is 6.50. The van der Waals surface area contributed by atoms with Crippen molar-refractivity contribution in [3.8, 4) is 11.5 Å². The normalized spacial score (nSPS) is 17.3. The highest BCUT2D eigenvalue weighted by molar-refractivity contribution is 14.0. The molecule has 0 aromatic heterocycles. The molecule has 1 heterocycles. The van der Waals surface area contributed by atoms with Crippen LogP contribution in [0.1, 0.15) is 19.8 Å². The van der Waals surface area contributed by atoms with Crippen molar-refractivity contribution in [2.45, 2.75) is 25.8 Å². The van der Waals surface area contributed by atoms with E-state index in [1.807, 2.05) is 18.2 Å². The van der Waals surface area contributed by atoms with Gasteiger partial charge >= 0.3 is 0 Å². The van der Waals surface area contributed by atoms with E-state index in [1.165, 1.54) is 12.8 Å². The average molecular weight is 492 g/mol. The first-order chi connectivity index (χ1) is 12.7. The minimum absolute atomic E-state index is 0. The molecule has 1 aliphatic heterocycles. The van der Waals surface area contributed by atoms with Gasteiger partial charge in [0.2, 0.25) is 0 Å². The lowest BCUT2D eigenvalue weighted by atomic mass is 10.2. The van der Waals surface area contributed by atoms with Crippen LogP contribution in [-0.2, 0) is 4.74 Å². The Balaban J connectivity index is 0.00000364. The lowest BCUT2D eigenvalue weighted by molar-refractivity contribution is 0.143. The van der Waals surface area contributed by atoms with E-state index in [2.05, 4.69) is 22.5 Å². The van der Waals surface area contributed by atoms with Crippen molar-refractivity contribution >= 4 is 35.6 Å². The first kappa shape index (κ1) is 23.8. The maximum Gasteiger partial charge on any atom is 0.195 e. The number of hydrogen-bond donors (Lipinski definition) is 2. The second-order valence-corrected chi connectivity index (χ2v) is 6.24. The van der Waals surface area contributed by atoms with Gasteiger partial charge in [0.25, 0.3) is 0 Å². The summed E-state index contributed by atoms with van der Waals surface area (Å²) in [6.07, 6.45) is 2.41. The average Bonchev–Trinajstić information content (AvgIpc) is 3.11. The Labute approximate surface area is 179 Å². The summed E-state index contributed by atoms with van der Waals surface area (Å²) in [7, 11) is 5.02. The van der Waals surface area contributed by atoms with Gasteiger partial charge in [0.05, 0.1) is 27.4 Å². The third-order valence-electron chi connectivity index (χ3n) is 4.53. The number of rotatable bonds is 9. The molecule has 27 heavy (non-hydrogen) atoms. The van der Waals surface area contributed by atoms with Gasteiger partial charge in [-0.2, -0.15) is 0 Å².